The predicted molar refractivity (Wildman–Crippen MR) is 129 cm³/mol. The van der Waals surface area contributed by atoms with Crippen LogP contribution in [0.2, 0.25) is 0 Å². The number of nitrogens with zero attached hydrogens (tertiary/aromatic N) is 1. The van der Waals surface area contributed by atoms with E-state index in [4.69, 9.17) is 9.47 Å². The van der Waals surface area contributed by atoms with Crippen LogP contribution in [0.15, 0.2) is 35.2 Å². The van der Waals surface area contributed by atoms with Crippen LogP contribution in [0.1, 0.15) is 16.7 Å². The normalized spacial score (nSPS) is 14.9. The third-order valence-electron chi connectivity index (χ3n) is 4.67. The average molecular weight is 552 g/mol. The zero-order valence-corrected chi connectivity index (χ0v) is 20.4. The van der Waals surface area contributed by atoms with E-state index in [9.17, 15) is 14.4 Å². The van der Waals surface area contributed by atoms with Crippen LogP contribution < -0.4 is 14.8 Å². The van der Waals surface area contributed by atoms with Crippen LogP contribution in [-0.4, -0.2) is 42.7 Å². The van der Waals surface area contributed by atoms with Gasteiger partial charge in [0.1, 0.15) is 6.54 Å². The molecule has 3 rings (SSSR count). The highest BCUT2D eigenvalue weighted by atomic mass is 127. The molecule has 0 unspecified atom stereocenters. The summed E-state index contributed by atoms with van der Waals surface area (Å²) >= 11 is 2.91. The summed E-state index contributed by atoms with van der Waals surface area (Å²) in [6, 6.07) is 9.22. The van der Waals surface area contributed by atoms with E-state index < -0.39 is 17.1 Å². The highest BCUT2D eigenvalue weighted by Crippen LogP contribution is 2.37. The van der Waals surface area contributed by atoms with Gasteiger partial charge in [0.2, 0.25) is 5.91 Å². The largest absolute Gasteiger partial charge is 0.493 e. The molecule has 0 saturated carbocycles. The summed E-state index contributed by atoms with van der Waals surface area (Å²) in [7, 11) is 3.08. The van der Waals surface area contributed by atoms with Crippen LogP contribution in [0.4, 0.5) is 10.5 Å². The van der Waals surface area contributed by atoms with Crippen molar-refractivity contribution < 1.29 is 23.9 Å². The zero-order chi connectivity index (χ0) is 22.7. The molecule has 0 bridgehead atoms. The van der Waals surface area contributed by atoms with E-state index in [1.54, 1.807) is 19.3 Å². The molecule has 3 amide bonds. The molecule has 31 heavy (non-hydrogen) atoms. The molecule has 1 fully saturated rings. The summed E-state index contributed by atoms with van der Waals surface area (Å²) in [6.45, 7) is 3.42. The van der Waals surface area contributed by atoms with E-state index in [-0.39, 0.29) is 11.4 Å². The number of methoxy groups -OCH3 is 2. The van der Waals surface area contributed by atoms with Gasteiger partial charge in [0, 0.05) is 5.69 Å². The van der Waals surface area contributed by atoms with Gasteiger partial charge in [-0.25, -0.2) is 0 Å². The quantitative estimate of drug-likeness (QED) is 0.417. The maximum Gasteiger partial charge on any atom is 0.294 e. The van der Waals surface area contributed by atoms with Gasteiger partial charge in [-0.15, -0.1) is 0 Å². The van der Waals surface area contributed by atoms with Crippen molar-refractivity contribution in [3.8, 4) is 11.5 Å². The highest BCUT2D eigenvalue weighted by molar-refractivity contribution is 14.1. The molecule has 7 nitrogen and oxygen atoms in total. The number of hydrogen-bond acceptors (Lipinski definition) is 6. The van der Waals surface area contributed by atoms with Gasteiger partial charge in [0.05, 0.1) is 22.7 Å². The number of halogens is 1. The fraction of sp³-hybridized carbons (Fsp3) is 0.227. The Morgan fingerprint density at radius 3 is 2.45 bits per heavy atom. The Bertz CT molecular complexity index is 1080. The third-order valence-corrected chi connectivity index (χ3v) is 6.38. The summed E-state index contributed by atoms with van der Waals surface area (Å²) < 4.78 is 11.5. The lowest BCUT2D eigenvalue weighted by Gasteiger charge is -2.15. The molecule has 1 aliphatic rings. The van der Waals surface area contributed by atoms with Gasteiger partial charge >= 0.3 is 0 Å². The SMILES string of the molecule is COc1cc(/C=C2/SC(=O)N(CC(=O)Nc3c(C)cccc3C)C2=O)cc(I)c1OC. The highest BCUT2D eigenvalue weighted by Gasteiger charge is 2.36. The lowest BCUT2D eigenvalue weighted by Crippen LogP contribution is -2.36. The van der Waals surface area contributed by atoms with Gasteiger partial charge in [-0.3, -0.25) is 19.3 Å². The van der Waals surface area contributed by atoms with Crippen molar-refractivity contribution in [3.05, 3.63) is 55.5 Å². The minimum atomic E-state index is -0.503. The second kappa shape index (κ2) is 9.73. The van der Waals surface area contributed by atoms with Crippen LogP contribution in [0.25, 0.3) is 6.08 Å². The summed E-state index contributed by atoms with van der Waals surface area (Å²) in [4.78, 5) is 38.9. The van der Waals surface area contributed by atoms with Crippen molar-refractivity contribution in [2.45, 2.75) is 13.8 Å². The van der Waals surface area contributed by atoms with Gasteiger partial charge in [0.15, 0.2) is 11.5 Å². The maximum atomic E-state index is 12.8. The first-order chi connectivity index (χ1) is 14.7. The number of carbonyl (C=O) groups is 3. The molecule has 1 N–H and O–H groups in total. The van der Waals surface area contributed by atoms with Crippen molar-refractivity contribution in [2.24, 2.45) is 0 Å². The Hall–Kier alpha value is -2.53. The molecule has 2 aromatic rings. The van der Waals surface area contributed by atoms with Crippen molar-refractivity contribution in [1.29, 1.82) is 0 Å². The summed E-state index contributed by atoms with van der Waals surface area (Å²) in [5.74, 6) is 0.183. The van der Waals surface area contributed by atoms with Crippen LogP contribution in [0, 0.1) is 17.4 Å². The second-order valence-corrected chi connectivity index (χ2v) is 8.98. The second-order valence-electron chi connectivity index (χ2n) is 6.82. The van der Waals surface area contributed by atoms with E-state index in [2.05, 4.69) is 27.9 Å². The Morgan fingerprint density at radius 2 is 1.84 bits per heavy atom. The summed E-state index contributed by atoms with van der Waals surface area (Å²) in [6.07, 6.45) is 1.61. The minimum absolute atomic E-state index is 0.243. The van der Waals surface area contributed by atoms with Gasteiger partial charge in [0.25, 0.3) is 11.1 Å². The number of amides is 3. The zero-order valence-electron chi connectivity index (χ0n) is 17.4. The lowest BCUT2D eigenvalue weighted by atomic mass is 10.1. The lowest BCUT2D eigenvalue weighted by molar-refractivity contribution is -0.127. The van der Waals surface area contributed by atoms with Gasteiger partial charge in [-0.1, -0.05) is 18.2 Å². The monoisotopic (exact) mass is 552 g/mol. The van der Waals surface area contributed by atoms with Gasteiger partial charge < -0.3 is 14.8 Å². The van der Waals surface area contributed by atoms with Crippen LogP contribution in [0.3, 0.4) is 0 Å². The number of imide groups is 1. The Balaban J connectivity index is 1.78. The number of hydrogen-bond donors (Lipinski definition) is 1. The van der Waals surface area contributed by atoms with Crippen molar-refractivity contribution in [2.75, 3.05) is 26.1 Å². The standard InChI is InChI=1S/C22H21IN2O5S/c1-12-6-5-7-13(2)19(12)24-18(26)11-25-21(27)17(31-22(25)28)10-14-8-15(23)20(30-4)16(9-14)29-3/h5-10H,11H2,1-4H3,(H,24,26)/b17-10+. The summed E-state index contributed by atoms with van der Waals surface area (Å²) in [5, 5.41) is 2.32. The molecule has 0 aliphatic carbocycles. The number of aryl methyl sites for hydroxylation is 2. The number of para-hydroxylation sites is 1. The van der Waals surface area contributed by atoms with Crippen molar-refractivity contribution in [1.82, 2.24) is 4.90 Å². The number of thioether (sulfide) groups is 1. The molecule has 0 atom stereocenters. The molecule has 9 heteroatoms. The smallest absolute Gasteiger partial charge is 0.294 e. The number of benzene rings is 2. The molecule has 1 heterocycles. The average Bonchev–Trinajstić information content (AvgIpc) is 2.97. The molecule has 0 spiro atoms. The molecular weight excluding hydrogens is 531 g/mol. The molecule has 0 radical (unpaired) electrons. The first-order valence-corrected chi connectivity index (χ1v) is 11.2. The molecule has 1 aliphatic heterocycles. The number of anilines is 1. The van der Waals surface area contributed by atoms with Crippen molar-refractivity contribution >= 4 is 63.2 Å². The van der Waals surface area contributed by atoms with E-state index in [0.29, 0.717) is 22.7 Å². The third kappa shape index (κ3) is 5.04. The summed E-state index contributed by atoms with van der Waals surface area (Å²) in [5.41, 5.74) is 3.19. The van der Waals surface area contributed by atoms with Crippen LogP contribution in [0.5, 0.6) is 11.5 Å². The topological polar surface area (TPSA) is 84.9 Å². The Kier molecular flexibility index (Phi) is 7.26. The van der Waals surface area contributed by atoms with E-state index in [1.165, 1.54) is 7.11 Å². The predicted octanol–water partition coefficient (Wildman–Crippen LogP) is 4.60. The fourth-order valence-electron chi connectivity index (χ4n) is 3.14. The Labute approximate surface area is 198 Å². The maximum absolute atomic E-state index is 12.8. The van der Waals surface area contributed by atoms with E-state index >= 15 is 0 Å². The first kappa shape index (κ1) is 23.1. The molecule has 2 aromatic carbocycles. The van der Waals surface area contributed by atoms with Crippen molar-refractivity contribution in [3.63, 3.8) is 0 Å². The number of ether oxygens (including phenoxy) is 2. The number of nitrogens with one attached hydrogen (secondary N) is 1. The van der Waals surface area contributed by atoms with Crippen LogP contribution >= 0.6 is 34.4 Å². The van der Waals surface area contributed by atoms with Gasteiger partial charge in [-0.2, -0.15) is 0 Å². The van der Waals surface area contributed by atoms with E-state index in [1.807, 2.05) is 38.1 Å². The molecule has 1 saturated heterocycles. The van der Waals surface area contributed by atoms with E-state index in [0.717, 1.165) is 31.4 Å². The number of carbonyl (C=O) groups excluding carboxylic acids is 3. The van der Waals surface area contributed by atoms with Gasteiger partial charge in [-0.05, 0) is 83.1 Å². The van der Waals surface area contributed by atoms with Crippen LogP contribution in [-0.2, 0) is 9.59 Å². The Morgan fingerprint density at radius 1 is 1.16 bits per heavy atom. The fourth-order valence-corrected chi connectivity index (χ4v) is 4.83. The minimum Gasteiger partial charge on any atom is -0.493 e. The first-order valence-electron chi connectivity index (χ1n) is 9.28. The number of rotatable bonds is 6. The molecule has 162 valence electrons. The molecule has 0 aromatic heterocycles. The molecular formula is C22H21IN2O5S.